The maximum Gasteiger partial charge on any atom is 0.331 e. The maximum absolute atomic E-state index is 13.6. The van der Waals surface area contributed by atoms with Gasteiger partial charge in [-0.05, 0) is 51.5 Å². The average molecular weight is 452 g/mol. The van der Waals surface area contributed by atoms with Gasteiger partial charge in [0.05, 0.1) is 12.1 Å². The number of likely N-dealkylation sites (tertiary alicyclic amines) is 1. The Morgan fingerprint density at radius 2 is 1.75 bits per heavy atom. The highest BCUT2D eigenvalue weighted by Crippen LogP contribution is 2.23. The third-order valence-corrected chi connectivity index (χ3v) is 7.02. The quantitative estimate of drug-likeness (QED) is 0.468. The molecule has 0 aromatic rings. The first-order valence-corrected chi connectivity index (χ1v) is 12.2. The fourth-order valence-corrected chi connectivity index (χ4v) is 4.38. The molecule has 0 aromatic heterocycles. The number of rotatable bonds is 11. The van der Waals surface area contributed by atoms with Gasteiger partial charge in [-0.2, -0.15) is 0 Å². The zero-order valence-corrected chi connectivity index (χ0v) is 21.4. The number of carboxylic acid groups (broad SMARTS) is 1. The summed E-state index contributed by atoms with van der Waals surface area (Å²) in [5.74, 6) is -1.24. The van der Waals surface area contributed by atoms with Crippen LogP contribution in [0.2, 0.25) is 0 Å². The second-order valence-corrected chi connectivity index (χ2v) is 9.72. The largest absolute Gasteiger partial charge is 0.478 e. The van der Waals surface area contributed by atoms with Gasteiger partial charge < -0.3 is 15.3 Å². The monoisotopic (exact) mass is 451 g/mol. The van der Waals surface area contributed by atoms with E-state index in [1.165, 1.54) is 6.92 Å². The van der Waals surface area contributed by atoms with Crippen LogP contribution >= 0.6 is 0 Å². The number of carbonyl (C=O) groups is 3. The minimum Gasteiger partial charge on any atom is -0.478 e. The molecule has 2 amide bonds. The number of hydrogen-bond donors (Lipinski definition) is 2. The van der Waals surface area contributed by atoms with Crippen molar-refractivity contribution in [3.8, 4) is 0 Å². The highest BCUT2D eigenvalue weighted by Gasteiger charge is 2.36. The summed E-state index contributed by atoms with van der Waals surface area (Å²) in [4.78, 5) is 42.1. The van der Waals surface area contributed by atoms with Crippen molar-refractivity contribution in [1.29, 1.82) is 0 Å². The number of piperidine rings is 1. The Morgan fingerprint density at radius 3 is 2.25 bits per heavy atom. The van der Waals surface area contributed by atoms with Crippen LogP contribution in [0.1, 0.15) is 80.6 Å². The normalized spacial score (nSPS) is 21.5. The van der Waals surface area contributed by atoms with Gasteiger partial charge in [-0.3, -0.25) is 14.5 Å². The van der Waals surface area contributed by atoms with E-state index in [1.807, 2.05) is 27.7 Å². The van der Waals surface area contributed by atoms with E-state index in [0.717, 1.165) is 38.6 Å². The SMILES string of the molecule is CCC(C)C(NC(=O)[C@H]1CCCCN1C(C)CC)C(=O)N(C)[C@H](/C=C(\C)C(=O)O)C(C)C. The maximum atomic E-state index is 13.6. The topological polar surface area (TPSA) is 90.0 Å². The second kappa shape index (κ2) is 13.0. The predicted molar refractivity (Wildman–Crippen MR) is 128 cm³/mol. The summed E-state index contributed by atoms with van der Waals surface area (Å²) in [5, 5.41) is 12.4. The number of nitrogens with one attached hydrogen (secondary N) is 1. The fourth-order valence-electron chi connectivity index (χ4n) is 4.38. The first kappa shape index (κ1) is 28.1. The summed E-state index contributed by atoms with van der Waals surface area (Å²) < 4.78 is 0. The van der Waals surface area contributed by atoms with Gasteiger partial charge >= 0.3 is 5.97 Å². The Kier molecular flexibility index (Phi) is 11.4. The van der Waals surface area contributed by atoms with E-state index in [9.17, 15) is 19.5 Å². The summed E-state index contributed by atoms with van der Waals surface area (Å²) >= 11 is 0. The summed E-state index contributed by atoms with van der Waals surface area (Å²) in [6.45, 7) is 14.6. The van der Waals surface area contributed by atoms with Crippen molar-refractivity contribution < 1.29 is 19.5 Å². The van der Waals surface area contributed by atoms with Gasteiger partial charge in [0.1, 0.15) is 6.04 Å². The van der Waals surface area contributed by atoms with Crippen molar-refractivity contribution in [2.45, 2.75) is 105 Å². The number of carbonyl (C=O) groups excluding carboxylic acids is 2. The third-order valence-electron chi connectivity index (χ3n) is 7.02. The van der Waals surface area contributed by atoms with E-state index in [1.54, 1.807) is 18.0 Å². The van der Waals surface area contributed by atoms with E-state index in [-0.39, 0.29) is 41.3 Å². The number of likely N-dealkylation sites (N-methyl/N-ethyl adjacent to an activating group) is 1. The molecule has 3 unspecified atom stereocenters. The van der Waals surface area contributed by atoms with Gasteiger partial charge in [0.25, 0.3) is 0 Å². The molecule has 5 atom stereocenters. The summed E-state index contributed by atoms with van der Waals surface area (Å²) in [6.07, 6.45) is 6.28. The second-order valence-electron chi connectivity index (χ2n) is 9.72. The molecule has 184 valence electrons. The van der Waals surface area contributed by atoms with Crippen molar-refractivity contribution in [3.05, 3.63) is 11.6 Å². The molecule has 0 bridgehead atoms. The zero-order chi connectivity index (χ0) is 24.6. The summed E-state index contributed by atoms with van der Waals surface area (Å²) in [6, 6.07) is -0.898. The molecular formula is C25H45N3O4. The lowest BCUT2D eigenvalue weighted by molar-refractivity contribution is -0.140. The van der Waals surface area contributed by atoms with E-state index >= 15 is 0 Å². The van der Waals surface area contributed by atoms with Crippen molar-refractivity contribution in [2.24, 2.45) is 11.8 Å². The van der Waals surface area contributed by atoms with Gasteiger partial charge in [-0.15, -0.1) is 0 Å². The van der Waals surface area contributed by atoms with E-state index < -0.39 is 12.0 Å². The van der Waals surface area contributed by atoms with Crippen molar-refractivity contribution in [2.75, 3.05) is 13.6 Å². The van der Waals surface area contributed by atoms with Crippen LogP contribution in [0.5, 0.6) is 0 Å². The molecule has 32 heavy (non-hydrogen) atoms. The van der Waals surface area contributed by atoms with Crippen molar-refractivity contribution >= 4 is 17.8 Å². The number of carboxylic acids is 1. The van der Waals surface area contributed by atoms with Crippen LogP contribution in [-0.4, -0.2) is 70.4 Å². The molecule has 1 aliphatic heterocycles. The van der Waals surface area contributed by atoms with E-state index in [4.69, 9.17) is 0 Å². The molecule has 1 heterocycles. The Hall–Kier alpha value is -1.89. The highest BCUT2D eigenvalue weighted by atomic mass is 16.4. The average Bonchev–Trinajstić information content (AvgIpc) is 2.78. The molecular weight excluding hydrogens is 406 g/mol. The molecule has 0 aliphatic carbocycles. The summed E-state index contributed by atoms with van der Waals surface area (Å²) in [5.41, 5.74) is 0.207. The molecule has 0 saturated carbocycles. The molecule has 1 rings (SSSR count). The van der Waals surface area contributed by atoms with E-state index in [2.05, 4.69) is 24.1 Å². The number of hydrogen-bond acceptors (Lipinski definition) is 4. The fraction of sp³-hybridized carbons (Fsp3) is 0.800. The highest BCUT2D eigenvalue weighted by molar-refractivity contribution is 5.90. The Bertz CT molecular complexity index is 676. The van der Waals surface area contributed by atoms with Gasteiger partial charge in [0.2, 0.25) is 11.8 Å². The van der Waals surface area contributed by atoms with Crippen LogP contribution in [0.3, 0.4) is 0 Å². The van der Waals surface area contributed by atoms with Gasteiger partial charge in [0.15, 0.2) is 0 Å². The van der Waals surface area contributed by atoms with Crippen LogP contribution in [0.4, 0.5) is 0 Å². The van der Waals surface area contributed by atoms with Crippen LogP contribution < -0.4 is 5.32 Å². The number of amides is 2. The lowest BCUT2D eigenvalue weighted by atomic mass is 9.93. The first-order valence-electron chi connectivity index (χ1n) is 12.2. The number of aliphatic carboxylic acids is 1. The Labute approximate surface area is 194 Å². The lowest BCUT2D eigenvalue weighted by Gasteiger charge is -2.40. The smallest absolute Gasteiger partial charge is 0.331 e. The minimum absolute atomic E-state index is 0.0331. The number of nitrogens with zero attached hydrogens (tertiary/aromatic N) is 2. The van der Waals surface area contributed by atoms with Gasteiger partial charge in [-0.1, -0.05) is 53.5 Å². The molecule has 1 fully saturated rings. The van der Waals surface area contributed by atoms with E-state index in [0.29, 0.717) is 6.04 Å². The summed E-state index contributed by atoms with van der Waals surface area (Å²) in [7, 11) is 1.70. The van der Waals surface area contributed by atoms with Crippen LogP contribution in [0.25, 0.3) is 0 Å². The van der Waals surface area contributed by atoms with Crippen LogP contribution in [-0.2, 0) is 14.4 Å². The third kappa shape index (κ3) is 7.32. The van der Waals surface area contributed by atoms with Gasteiger partial charge in [0, 0.05) is 18.7 Å². The minimum atomic E-state index is -0.995. The molecule has 7 heteroatoms. The lowest BCUT2D eigenvalue weighted by Crippen LogP contribution is -2.59. The first-order chi connectivity index (χ1) is 15.0. The molecule has 2 N–H and O–H groups in total. The molecule has 7 nitrogen and oxygen atoms in total. The molecule has 0 spiro atoms. The zero-order valence-electron chi connectivity index (χ0n) is 21.4. The van der Waals surface area contributed by atoms with Crippen LogP contribution in [0, 0.1) is 11.8 Å². The van der Waals surface area contributed by atoms with Crippen molar-refractivity contribution in [3.63, 3.8) is 0 Å². The molecule has 0 radical (unpaired) electrons. The Balaban J connectivity index is 3.13. The molecule has 0 aromatic carbocycles. The van der Waals surface area contributed by atoms with Crippen molar-refractivity contribution in [1.82, 2.24) is 15.1 Å². The molecule has 1 aliphatic rings. The van der Waals surface area contributed by atoms with Gasteiger partial charge in [-0.25, -0.2) is 4.79 Å². The standard InChI is InChI=1S/C25H45N3O4/c1-9-17(5)22(24(30)27(8)21(16(3)4)15-18(6)25(31)32)26-23(29)20-13-11-12-14-28(20)19(7)10-2/h15-17,19-22H,9-14H2,1-8H3,(H,26,29)(H,31,32)/b18-15+/t17?,19?,20-,21-,22?/m1/s1. The molecule has 1 saturated heterocycles. The predicted octanol–water partition coefficient (Wildman–Crippen LogP) is 3.68. The van der Waals surface area contributed by atoms with Crippen LogP contribution in [0.15, 0.2) is 11.6 Å². The Morgan fingerprint density at radius 1 is 1.12 bits per heavy atom.